The smallest absolute Gasteiger partial charge is 0.354 e. The summed E-state index contributed by atoms with van der Waals surface area (Å²) in [6.45, 7) is 2.07. The summed E-state index contributed by atoms with van der Waals surface area (Å²) in [5.41, 5.74) is 1.06. The molecule has 11 nitrogen and oxygen atoms in total. The Balaban J connectivity index is 2.21. The number of aromatic carboxylic acids is 2. The molecule has 3 heterocycles. The van der Waals surface area contributed by atoms with Gasteiger partial charge in [-0.05, 0) is 24.3 Å². The lowest BCUT2D eigenvalue weighted by Gasteiger charge is -2.14. The van der Waals surface area contributed by atoms with Gasteiger partial charge >= 0.3 is 23.9 Å². The third-order valence-corrected chi connectivity index (χ3v) is 4.49. The molecule has 11 heteroatoms. The third-order valence-electron chi connectivity index (χ3n) is 4.49. The summed E-state index contributed by atoms with van der Waals surface area (Å²) < 4.78 is 10.2. The number of esters is 2. The van der Waals surface area contributed by atoms with Gasteiger partial charge in [0.2, 0.25) is 0 Å². The van der Waals surface area contributed by atoms with Crippen molar-refractivity contribution in [3.05, 3.63) is 65.0 Å². The van der Waals surface area contributed by atoms with E-state index in [9.17, 15) is 29.4 Å². The molecule has 0 saturated carbocycles. The van der Waals surface area contributed by atoms with Gasteiger partial charge in [0.25, 0.3) is 0 Å². The van der Waals surface area contributed by atoms with Gasteiger partial charge in [-0.25, -0.2) is 24.5 Å². The quantitative estimate of drug-likeness (QED) is 0.470. The molecule has 3 aromatic rings. The summed E-state index contributed by atoms with van der Waals surface area (Å²) in [5, 5.41) is 18.7. The van der Waals surface area contributed by atoms with E-state index in [1.54, 1.807) is 18.2 Å². The van der Waals surface area contributed by atoms with Gasteiger partial charge in [-0.15, -0.1) is 0 Å². The molecule has 0 bridgehead atoms. The first-order chi connectivity index (χ1) is 16.2. The van der Waals surface area contributed by atoms with Crippen molar-refractivity contribution >= 4 is 23.9 Å². The zero-order chi connectivity index (χ0) is 24.8. The van der Waals surface area contributed by atoms with Crippen molar-refractivity contribution in [1.82, 2.24) is 15.0 Å². The fourth-order valence-corrected chi connectivity index (χ4v) is 2.94. The maximum absolute atomic E-state index is 11.5. The molecule has 0 saturated heterocycles. The molecule has 2 N–H and O–H groups in total. The number of aromatic nitrogens is 3. The second-order valence-corrected chi connectivity index (χ2v) is 6.99. The van der Waals surface area contributed by atoms with Crippen LogP contribution < -0.4 is 0 Å². The average molecular weight is 465 g/mol. The van der Waals surface area contributed by atoms with Gasteiger partial charge in [0.15, 0.2) is 0 Å². The van der Waals surface area contributed by atoms with Crippen molar-refractivity contribution in [1.29, 1.82) is 0 Å². The molecule has 0 aliphatic rings. The third kappa shape index (κ3) is 5.76. The molecular formula is C23H19N3O8. The summed E-state index contributed by atoms with van der Waals surface area (Å²) >= 11 is 0. The number of nitrogens with zero attached hydrogens (tertiary/aromatic N) is 3. The lowest BCUT2D eigenvalue weighted by molar-refractivity contribution is -0.143. The van der Waals surface area contributed by atoms with E-state index in [1.165, 1.54) is 38.1 Å². The van der Waals surface area contributed by atoms with Gasteiger partial charge in [-0.1, -0.05) is 18.2 Å². The van der Waals surface area contributed by atoms with Crippen molar-refractivity contribution in [3.63, 3.8) is 0 Å². The van der Waals surface area contributed by atoms with E-state index in [-0.39, 0.29) is 47.4 Å². The van der Waals surface area contributed by atoms with Crippen LogP contribution in [0.25, 0.3) is 22.8 Å². The number of hydrogen-bond donors (Lipinski definition) is 2. The molecule has 0 fully saturated rings. The Morgan fingerprint density at radius 2 is 1.18 bits per heavy atom. The lowest BCUT2D eigenvalue weighted by Crippen LogP contribution is -2.09. The van der Waals surface area contributed by atoms with Crippen LogP contribution in [0.2, 0.25) is 0 Å². The number of carboxylic acids is 2. The first-order valence-corrected chi connectivity index (χ1v) is 9.86. The Bertz CT molecular complexity index is 1290. The summed E-state index contributed by atoms with van der Waals surface area (Å²) in [5.74, 6) is -3.59. The van der Waals surface area contributed by atoms with Gasteiger partial charge in [0.05, 0.1) is 22.8 Å². The second kappa shape index (κ2) is 10.3. The predicted molar refractivity (Wildman–Crippen MR) is 116 cm³/mol. The molecule has 34 heavy (non-hydrogen) atoms. The van der Waals surface area contributed by atoms with Gasteiger partial charge in [-0.2, -0.15) is 0 Å². The molecule has 0 aromatic carbocycles. The molecule has 174 valence electrons. The number of hydrogen-bond acceptors (Lipinski definition) is 9. The molecule has 3 aromatic heterocycles. The van der Waals surface area contributed by atoms with Crippen LogP contribution >= 0.6 is 0 Å². The molecule has 3 rings (SSSR count). The summed E-state index contributed by atoms with van der Waals surface area (Å²) in [4.78, 5) is 58.4. The van der Waals surface area contributed by atoms with Crippen LogP contribution in [0.5, 0.6) is 0 Å². The van der Waals surface area contributed by atoms with Gasteiger partial charge < -0.3 is 19.7 Å². The molecule has 0 spiro atoms. The van der Waals surface area contributed by atoms with Crippen LogP contribution in [-0.2, 0) is 32.3 Å². The van der Waals surface area contributed by atoms with Crippen molar-refractivity contribution in [2.45, 2.75) is 27.1 Å². The number of pyridine rings is 3. The first-order valence-electron chi connectivity index (χ1n) is 9.86. The first kappa shape index (κ1) is 24.0. The normalized spacial score (nSPS) is 10.4. The van der Waals surface area contributed by atoms with Gasteiger partial charge in [0, 0.05) is 25.0 Å². The number of carbonyl (C=O) groups excluding carboxylic acids is 2. The minimum Gasteiger partial charge on any atom is -0.477 e. The van der Waals surface area contributed by atoms with Crippen molar-refractivity contribution in [3.8, 4) is 22.8 Å². The van der Waals surface area contributed by atoms with Crippen molar-refractivity contribution in [2.75, 3.05) is 0 Å². The molecular weight excluding hydrogens is 446 g/mol. The highest BCUT2D eigenvalue weighted by Crippen LogP contribution is 2.29. The molecule has 0 radical (unpaired) electrons. The van der Waals surface area contributed by atoms with E-state index in [4.69, 9.17) is 9.47 Å². The molecule has 0 amide bonds. The minimum atomic E-state index is -1.28. The fourth-order valence-electron chi connectivity index (χ4n) is 2.94. The van der Waals surface area contributed by atoms with Crippen molar-refractivity contribution in [2.24, 2.45) is 0 Å². The Morgan fingerprint density at radius 1 is 0.676 bits per heavy atom. The fraction of sp³-hybridized carbons (Fsp3) is 0.174. The highest BCUT2D eigenvalue weighted by atomic mass is 16.5. The zero-order valence-corrected chi connectivity index (χ0v) is 18.1. The maximum atomic E-state index is 11.5. The maximum Gasteiger partial charge on any atom is 0.354 e. The molecule has 0 atom stereocenters. The van der Waals surface area contributed by atoms with Crippen LogP contribution in [-0.4, -0.2) is 49.0 Å². The summed E-state index contributed by atoms with van der Waals surface area (Å²) in [6.07, 6.45) is 0. The molecule has 0 unspecified atom stereocenters. The Hall–Kier alpha value is -4.67. The van der Waals surface area contributed by atoms with E-state index in [0.29, 0.717) is 11.1 Å². The van der Waals surface area contributed by atoms with E-state index in [1.807, 2.05) is 0 Å². The SMILES string of the molecule is CC(=O)OCc1ccc(C(=O)O)nc1-c1nc(-c2cccc(C(=O)O)n2)ccc1COC(C)=O. The van der Waals surface area contributed by atoms with Crippen molar-refractivity contribution < 1.29 is 38.9 Å². The van der Waals surface area contributed by atoms with Gasteiger partial charge in [-0.3, -0.25) is 9.59 Å². The van der Waals surface area contributed by atoms with Crippen LogP contribution in [0.4, 0.5) is 0 Å². The number of carboxylic acid groups (broad SMARTS) is 2. The van der Waals surface area contributed by atoms with E-state index in [0.717, 1.165) is 0 Å². The van der Waals surface area contributed by atoms with Crippen LogP contribution in [0, 0.1) is 0 Å². The summed E-state index contributed by atoms with van der Waals surface area (Å²) in [7, 11) is 0. The largest absolute Gasteiger partial charge is 0.477 e. The molecule has 0 aliphatic heterocycles. The highest BCUT2D eigenvalue weighted by molar-refractivity contribution is 5.87. The number of ether oxygens (including phenoxy) is 2. The van der Waals surface area contributed by atoms with Crippen LogP contribution in [0.3, 0.4) is 0 Å². The topological polar surface area (TPSA) is 166 Å². The average Bonchev–Trinajstić information content (AvgIpc) is 2.81. The van der Waals surface area contributed by atoms with Crippen LogP contribution in [0.1, 0.15) is 46.0 Å². The number of rotatable bonds is 8. The Labute approximate surface area is 193 Å². The van der Waals surface area contributed by atoms with E-state index >= 15 is 0 Å². The zero-order valence-electron chi connectivity index (χ0n) is 18.1. The van der Waals surface area contributed by atoms with Gasteiger partial charge in [0.1, 0.15) is 24.6 Å². The lowest BCUT2D eigenvalue weighted by atomic mass is 10.0. The predicted octanol–water partition coefficient (Wildman–Crippen LogP) is 2.73. The van der Waals surface area contributed by atoms with E-state index in [2.05, 4.69) is 15.0 Å². The monoisotopic (exact) mass is 465 g/mol. The summed E-state index contributed by atoms with van der Waals surface area (Å²) in [6, 6.07) is 10.3. The molecule has 0 aliphatic carbocycles. The Morgan fingerprint density at radius 3 is 1.74 bits per heavy atom. The second-order valence-electron chi connectivity index (χ2n) is 6.99. The van der Waals surface area contributed by atoms with E-state index < -0.39 is 23.9 Å². The minimum absolute atomic E-state index is 0.0968. The highest BCUT2D eigenvalue weighted by Gasteiger charge is 2.20. The number of carbonyl (C=O) groups is 4. The Kier molecular flexibility index (Phi) is 7.26. The van der Waals surface area contributed by atoms with Crippen LogP contribution in [0.15, 0.2) is 42.5 Å². The standard InChI is InChI=1S/C23H19N3O8/c1-12(27)33-10-14-6-8-17(16-4-3-5-18(24-16)22(29)30)25-20(14)21-15(11-34-13(2)28)7-9-19(26-21)23(31)32/h3-9H,10-11H2,1-2H3,(H,29,30)(H,31,32).